The molecule has 0 aliphatic carbocycles. The van der Waals surface area contributed by atoms with Crippen LogP contribution in [-0.4, -0.2) is 20.3 Å². The first-order valence-corrected chi connectivity index (χ1v) is 7.82. The summed E-state index contributed by atoms with van der Waals surface area (Å²) in [6.45, 7) is 6.59. The average Bonchev–Trinajstić information content (AvgIpc) is 2.03. The van der Waals surface area contributed by atoms with Crippen LogP contribution in [0.1, 0.15) is 0 Å². The van der Waals surface area contributed by atoms with Crippen LogP contribution in [0.25, 0.3) is 0 Å². The summed E-state index contributed by atoms with van der Waals surface area (Å²) >= 11 is 0. The van der Waals surface area contributed by atoms with Gasteiger partial charge in [-0.3, -0.25) is 0 Å². The van der Waals surface area contributed by atoms with E-state index in [4.69, 9.17) is 4.74 Å². The number of methoxy groups -OCH3 is 1. The van der Waals surface area contributed by atoms with E-state index in [-0.39, 0.29) is 0 Å². The van der Waals surface area contributed by atoms with Crippen molar-refractivity contribution in [1.82, 2.24) is 0 Å². The van der Waals surface area contributed by atoms with Crippen LogP contribution in [-0.2, 0) is 0 Å². The second kappa shape index (κ2) is 3.42. The Morgan fingerprint density at radius 3 is 2.31 bits per heavy atom. The van der Waals surface area contributed by atoms with Gasteiger partial charge in [0.15, 0.2) is 0 Å². The lowest BCUT2D eigenvalue weighted by molar-refractivity contribution is 0.413. The largest absolute Gasteiger partial charge is 0.508 e. The first-order valence-electron chi connectivity index (χ1n) is 4.32. The molecule has 0 aliphatic heterocycles. The van der Waals surface area contributed by atoms with Crippen LogP contribution in [0, 0.1) is 0 Å². The van der Waals surface area contributed by atoms with E-state index in [0.717, 1.165) is 10.9 Å². The zero-order valence-corrected chi connectivity index (χ0v) is 9.59. The molecule has 2 nitrogen and oxygen atoms in total. The van der Waals surface area contributed by atoms with Gasteiger partial charge in [-0.15, -0.1) is 0 Å². The van der Waals surface area contributed by atoms with Crippen molar-refractivity contribution in [2.24, 2.45) is 0 Å². The van der Waals surface area contributed by atoms with Crippen LogP contribution < -0.4 is 9.92 Å². The Hall–Kier alpha value is -0.963. The lowest BCUT2D eigenvalue weighted by Gasteiger charge is -2.18. The molecule has 0 aliphatic rings. The van der Waals surface area contributed by atoms with Crippen molar-refractivity contribution in [3.8, 4) is 11.5 Å². The van der Waals surface area contributed by atoms with E-state index in [0.29, 0.717) is 5.75 Å². The van der Waals surface area contributed by atoms with Crippen LogP contribution in [0.5, 0.6) is 11.5 Å². The normalized spacial score (nSPS) is 11.4. The van der Waals surface area contributed by atoms with Gasteiger partial charge in [0, 0.05) is 0 Å². The van der Waals surface area contributed by atoms with Gasteiger partial charge in [0.05, 0.1) is 15.2 Å². The molecule has 0 saturated heterocycles. The molecule has 0 aromatic heterocycles. The van der Waals surface area contributed by atoms with Gasteiger partial charge in [0.1, 0.15) is 11.5 Å². The van der Waals surface area contributed by atoms with Crippen molar-refractivity contribution in [1.29, 1.82) is 0 Å². The van der Waals surface area contributed by atoms with Crippen LogP contribution in [0.4, 0.5) is 0 Å². The Morgan fingerprint density at radius 2 is 1.85 bits per heavy atom. The molecule has 0 radical (unpaired) electrons. The lowest BCUT2D eigenvalue weighted by Crippen LogP contribution is -2.37. The summed E-state index contributed by atoms with van der Waals surface area (Å²) in [5.74, 6) is 1.20. The molecular formula is C10H16O2Si. The van der Waals surface area contributed by atoms with E-state index in [1.54, 1.807) is 19.2 Å². The fourth-order valence-corrected chi connectivity index (χ4v) is 2.67. The molecule has 72 valence electrons. The first-order chi connectivity index (χ1) is 5.95. The molecule has 1 N–H and O–H groups in total. The van der Waals surface area contributed by atoms with Crippen LogP contribution >= 0.6 is 0 Å². The standard InChI is InChI=1S/C10H16O2Si/c1-12-8-5-6-9(11)10(7-8)13(2,3)4/h5-7,11H,1-4H3. The van der Waals surface area contributed by atoms with Crippen LogP contribution in [0.15, 0.2) is 18.2 Å². The summed E-state index contributed by atoms with van der Waals surface area (Å²) in [6, 6.07) is 5.41. The molecule has 3 heteroatoms. The molecule has 0 fully saturated rings. The van der Waals surface area contributed by atoms with Gasteiger partial charge in [-0.2, -0.15) is 0 Å². The first kappa shape index (κ1) is 10.1. The van der Waals surface area contributed by atoms with Gasteiger partial charge in [-0.25, -0.2) is 0 Å². The number of rotatable bonds is 2. The summed E-state index contributed by atoms with van der Waals surface area (Å²) in [7, 11) is 0.184. The van der Waals surface area contributed by atoms with Gasteiger partial charge < -0.3 is 9.84 Å². The van der Waals surface area contributed by atoms with E-state index >= 15 is 0 Å². The fraction of sp³-hybridized carbons (Fsp3) is 0.400. The van der Waals surface area contributed by atoms with E-state index < -0.39 is 8.07 Å². The van der Waals surface area contributed by atoms with Gasteiger partial charge >= 0.3 is 0 Å². The summed E-state index contributed by atoms with van der Waals surface area (Å²) < 4.78 is 5.12. The fourth-order valence-electron chi connectivity index (χ4n) is 1.24. The smallest absolute Gasteiger partial charge is 0.119 e. The van der Waals surface area contributed by atoms with Crippen molar-refractivity contribution in [2.45, 2.75) is 19.6 Å². The topological polar surface area (TPSA) is 29.5 Å². The number of benzene rings is 1. The van der Waals surface area contributed by atoms with Crippen molar-refractivity contribution in [3.63, 3.8) is 0 Å². The minimum Gasteiger partial charge on any atom is -0.508 e. The number of phenolic OH excluding ortho intramolecular Hbond substituents is 1. The Bertz CT molecular complexity index is 302. The highest BCUT2D eigenvalue weighted by atomic mass is 28.3. The molecule has 0 saturated carbocycles. The number of hydrogen-bond donors (Lipinski definition) is 1. The third-order valence-electron chi connectivity index (χ3n) is 2.01. The number of ether oxygens (including phenoxy) is 1. The Kier molecular flexibility index (Phi) is 2.66. The quantitative estimate of drug-likeness (QED) is 0.733. The summed E-state index contributed by atoms with van der Waals surface area (Å²) in [5.41, 5.74) is 0. The van der Waals surface area contributed by atoms with Gasteiger partial charge in [-0.05, 0) is 23.4 Å². The van der Waals surface area contributed by atoms with Gasteiger partial charge in [0.2, 0.25) is 0 Å². The van der Waals surface area contributed by atoms with Crippen molar-refractivity contribution < 1.29 is 9.84 Å². The maximum Gasteiger partial charge on any atom is 0.119 e. The third-order valence-corrected chi connectivity index (χ3v) is 4.03. The predicted molar refractivity (Wildman–Crippen MR) is 57.6 cm³/mol. The zero-order valence-electron chi connectivity index (χ0n) is 8.59. The predicted octanol–water partition coefficient (Wildman–Crippen LogP) is 1.95. The summed E-state index contributed by atoms with van der Waals surface area (Å²) in [6.07, 6.45) is 0. The molecule has 1 aromatic rings. The maximum atomic E-state index is 9.65. The van der Waals surface area contributed by atoms with Gasteiger partial charge in [-0.1, -0.05) is 19.6 Å². The number of phenols is 1. The number of hydrogen-bond acceptors (Lipinski definition) is 2. The minimum atomic E-state index is -1.46. The lowest BCUT2D eigenvalue weighted by atomic mass is 10.3. The molecule has 1 aromatic carbocycles. The molecule has 0 unspecified atom stereocenters. The Morgan fingerprint density at radius 1 is 1.23 bits per heavy atom. The second-order valence-corrected chi connectivity index (χ2v) is 9.17. The Labute approximate surface area is 80.2 Å². The molecule has 0 bridgehead atoms. The molecular weight excluding hydrogens is 180 g/mol. The van der Waals surface area contributed by atoms with Crippen molar-refractivity contribution >= 4 is 13.3 Å². The molecule has 0 heterocycles. The highest BCUT2D eigenvalue weighted by molar-refractivity contribution is 6.89. The monoisotopic (exact) mass is 196 g/mol. The summed E-state index contributed by atoms with van der Waals surface area (Å²) in [4.78, 5) is 0. The molecule has 1 rings (SSSR count). The molecule has 0 spiro atoms. The van der Waals surface area contributed by atoms with Gasteiger partial charge in [0.25, 0.3) is 0 Å². The van der Waals surface area contributed by atoms with Crippen molar-refractivity contribution in [2.75, 3.05) is 7.11 Å². The SMILES string of the molecule is COc1ccc(O)c([Si](C)(C)C)c1. The highest BCUT2D eigenvalue weighted by Gasteiger charge is 2.20. The van der Waals surface area contributed by atoms with Crippen molar-refractivity contribution in [3.05, 3.63) is 18.2 Å². The van der Waals surface area contributed by atoms with E-state index in [2.05, 4.69) is 19.6 Å². The van der Waals surface area contributed by atoms with Crippen LogP contribution in [0.3, 0.4) is 0 Å². The number of aromatic hydroxyl groups is 1. The summed E-state index contributed by atoms with van der Waals surface area (Å²) in [5, 5.41) is 10.7. The zero-order chi connectivity index (χ0) is 10.1. The molecule has 13 heavy (non-hydrogen) atoms. The minimum absolute atomic E-state index is 0.389. The Balaban J connectivity index is 3.19. The maximum absolute atomic E-state index is 9.65. The highest BCUT2D eigenvalue weighted by Crippen LogP contribution is 2.18. The van der Waals surface area contributed by atoms with E-state index in [9.17, 15) is 5.11 Å². The van der Waals surface area contributed by atoms with E-state index in [1.807, 2.05) is 6.07 Å². The van der Waals surface area contributed by atoms with E-state index in [1.165, 1.54) is 0 Å². The molecule has 0 atom stereocenters. The molecule has 0 amide bonds. The van der Waals surface area contributed by atoms with Crippen LogP contribution in [0.2, 0.25) is 19.6 Å². The average molecular weight is 196 g/mol. The third kappa shape index (κ3) is 2.25. The second-order valence-electron chi connectivity index (χ2n) is 4.13.